The molecule has 0 saturated carbocycles. The summed E-state index contributed by atoms with van der Waals surface area (Å²) in [4.78, 5) is 20.7. The van der Waals surface area contributed by atoms with Crippen molar-refractivity contribution >= 4 is 11.6 Å². The smallest absolute Gasteiger partial charge is 0.250 e. The standard InChI is InChI=1S/C24H35N3O2/c1-4-19-21-11-9-18(10-12-22(21)20(5-2)24(19)25)17-23(28)26(3)29-16-8-15-27-13-6-7-14-27/h9-12H,4-8,13-17,25H2,1-3H3. The SMILES string of the molecule is CCc1c2ccc(CC(=O)N(C)OCCCN3CCCC3)ccc-2c(CC)c1N. The van der Waals surface area contributed by atoms with Crippen LogP contribution in [0.3, 0.4) is 0 Å². The van der Waals surface area contributed by atoms with Gasteiger partial charge in [0.2, 0.25) is 5.91 Å². The maximum Gasteiger partial charge on any atom is 0.250 e. The molecule has 1 aliphatic heterocycles. The highest BCUT2D eigenvalue weighted by Crippen LogP contribution is 2.39. The first-order chi connectivity index (χ1) is 14.0. The van der Waals surface area contributed by atoms with Crippen molar-refractivity contribution in [1.29, 1.82) is 0 Å². The van der Waals surface area contributed by atoms with E-state index in [1.165, 1.54) is 53.2 Å². The van der Waals surface area contributed by atoms with Crippen LogP contribution in [0.15, 0.2) is 24.3 Å². The van der Waals surface area contributed by atoms with Gasteiger partial charge in [-0.2, -0.15) is 0 Å². The molecule has 0 aromatic rings. The Hall–Kier alpha value is -2.11. The maximum absolute atomic E-state index is 12.6. The summed E-state index contributed by atoms with van der Waals surface area (Å²) < 4.78 is 0. The Kier molecular flexibility index (Phi) is 7.51. The van der Waals surface area contributed by atoms with Gasteiger partial charge in [0.15, 0.2) is 0 Å². The number of nitrogens with zero attached hydrogens (tertiary/aromatic N) is 2. The second-order valence-electron chi connectivity index (χ2n) is 7.95. The van der Waals surface area contributed by atoms with E-state index in [9.17, 15) is 4.79 Å². The van der Waals surface area contributed by atoms with Crippen molar-refractivity contribution in [3.05, 3.63) is 41.0 Å². The van der Waals surface area contributed by atoms with Gasteiger partial charge in [0.1, 0.15) is 0 Å². The summed E-state index contributed by atoms with van der Waals surface area (Å²) in [7, 11) is 1.71. The van der Waals surface area contributed by atoms with Crippen LogP contribution in [0.2, 0.25) is 0 Å². The van der Waals surface area contributed by atoms with Gasteiger partial charge < -0.3 is 10.6 Å². The summed E-state index contributed by atoms with van der Waals surface area (Å²) >= 11 is 0. The van der Waals surface area contributed by atoms with Crippen molar-refractivity contribution in [1.82, 2.24) is 9.96 Å². The first-order valence-electron chi connectivity index (χ1n) is 11.0. The van der Waals surface area contributed by atoms with Crippen LogP contribution in [0, 0.1) is 0 Å². The molecule has 3 rings (SSSR count). The third kappa shape index (κ3) is 5.09. The van der Waals surface area contributed by atoms with E-state index in [2.05, 4.69) is 30.9 Å². The highest BCUT2D eigenvalue weighted by Gasteiger charge is 2.19. The number of hydrogen-bond donors (Lipinski definition) is 1. The lowest BCUT2D eigenvalue weighted by Crippen LogP contribution is -2.30. The minimum Gasteiger partial charge on any atom is -0.398 e. The molecule has 0 spiro atoms. The molecule has 1 heterocycles. The van der Waals surface area contributed by atoms with Crippen LogP contribution in [0.5, 0.6) is 0 Å². The van der Waals surface area contributed by atoms with E-state index in [1.54, 1.807) is 7.05 Å². The molecule has 0 atom stereocenters. The van der Waals surface area contributed by atoms with Gasteiger partial charge in [-0.1, -0.05) is 38.1 Å². The lowest BCUT2D eigenvalue weighted by molar-refractivity contribution is -0.178. The Balaban J connectivity index is 1.59. The topological polar surface area (TPSA) is 58.8 Å². The summed E-state index contributed by atoms with van der Waals surface area (Å²) in [5.74, 6) is -0.0250. The lowest BCUT2D eigenvalue weighted by atomic mass is 10.1. The molecule has 29 heavy (non-hydrogen) atoms. The Morgan fingerprint density at radius 2 is 1.66 bits per heavy atom. The van der Waals surface area contributed by atoms with Crippen molar-refractivity contribution in [3.63, 3.8) is 0 Å². The molecule has 0 radical (unpaired) electrons. The zero-order chi connectivity index (χ0) is 20.8. The number of anilines is 1. The summed E-state index contributed by atoms with van der Waals surface area (Å²) in [6, 6.07) is 8.31. The predicted molar refractivity (Wildman–Crippen MR) is 119 cm³/mol. The van der Waals surface area contributed by atoms with Crippen LogP contribution in [-0.4, -0.2) is 49.2 Å². The summed E-state index contributed by atoms with van der Waals surface area (Å²) in [6.45, 7) is 8.29. The first kappa shape index (κ1) is 21.6. The minimum absolute atomic E-state index is 0.0250. The molecular formula is C24H35N3O2. The molecule has 1 fully saturated rings. The van der Waals surface area contributed by atoms with Crippen LogP contribution in [0.1, 0.15) is 49.8 Å². The summed E-state index contributed by atoms with van der Waals surface area (Å²) in [6.07, 6.45) is 5.71. The van der Waals surface area contributed by atoms with Crippen molar-refractivity contribution in [2.75, 3.05) is 39.0 Å². The van der Waals surface area contributed by atoms with Gasteiger partial charge in [-0.25, -0.2) is 5.06 Å². The van der Waals surface area contributed by atoms with E-state index in [0.717, 1.165) is 37.1 Å². The first-order valence-corrected chi connectivity index (χ1v) is 11.0. The number of likely N-dealkylation sites (tertiary alicyclic amines) is 1. The van der Waals surface area contributed by atoms with E-state index in [0.29, 0.717) is 13.0 Å². The molecular weight excluding hydrogens is 362 g/mol. The van der Waals surface area contributed by atoms with Gasteiger partial charge in [0, 0.05) is 19.3 Å². The number of nitrogens with two attached hydrogens (primary N) is 1. The zero-order valence-corrected chi connectivity index (χ0v) is 18.2. The number of carbonyl (C=O) groups excluding carboxylic acids is 1. The van der Waals surface area contributed by atoms with Crippen LogP contribution in [0.4, 0.5) is 5.69 Å². The fourth-order valence-corrected chi connectivity index (χ4v) is 4.35. The number of nitrogen functional groups attached to an aromatic ring is 1. The van der Waals surface area contributed by atoms with Crippen LogP contribution < -0.4 is 5.73 Å². The Labute approximate surface area is 175 Å². The molecule has 2 N–H and O–H groups in total. The molecule has 1 amide bonds. The van der Waals surface area contributed by atoms with Crippen molar-refractivity contribution < 1.29 is 9.63 Å². The van der Waals surface area contributed by atoms with E-state index in [4.69, 9.17) is 10.6 Å². The van der Waals surface area contributed by atoms with Gasteiger partial charge in [0.25, 0.3) is 0 Å². The molecule has 0 unspecified atom stereocenters. The molecule has 5 nitrogen and oxygen atoms in total. The van der Waals surface area contributed by atoms with Gasteiger partial charge in [-0.15, -0.1) is 0 Å². The highest BCUT2D eigenvalue weighted by atomic mass is 16.7. The maximum atomic E-state index is 12.6. The zero-order valence-electron chi connectivity index (χ0n) is 18.2. The average Bonchev–Trinajstić information content (AvgIpc) is 3.26. The van der Waals surface area contributed by atoms with Crippen LogP contribution in [0.25, 0.3) is 11.1 Å². The van der Waals surface area contributed by atoms with E-state index < -0.39 is 0 Å². The number of rotatable bonds is 9. The van der Waals surface area contributed by atoms with E-state index in [-0.39, 0.29) is 5.91 Å². The number of fused-ring (bicyclic) bond motifs is 1. The second kappa shape index (κ2) is 10.1. The highest BCUT2D eigenvalue weighted by molar-refractivity contribution is 5.85. The van der Waals surface area contributed by atoms with Crippen molar-refractivity contribution in [2.45, 2.75) is 52.4 Å². The van der Waals surface area contributed by atoms with Gasteiger partial charge in [0.05, 0.1) is 13.0 Å². The predicted octanol–water partition coefficient (Wildman–Crippen LogP) is 3.92. The van der Waals surface area contributed by atoms with E-state index >= 15 is 0 Å². The third-order valence-electron chi connectivity index (χ3n) is 6.03. The molecule has 0 bridgehead atoms. The molecule has 3 aliphatic rings. The monoisotopic (exact) mass is 397 g/mol. The molecule has 0 aromatic carbocycles. The minimum atomic E-state index is -0.0250. The van der Waals surface area contributed by atoms with Crippen molar-refractivity contribution in [3.8, 4) is 11.1 Å². The molecule has 5 heteroatoms. The summed E-state index contributed by atoms with van der Waals surface area (Å²) in [5, 5.41) is 1.39. The van der Waals surface area contributed by atoms with Gasteiger partial charge in [-0.05, 0) is 73.0 Å². The fraction of sp³-hybridized carbons (Fsp3) is 0.542. The Morgan fingerprint density at radius 1 is 1.07 bits per heavy atom. The average molecular weight is 398 g/mol. The van der Waals surface area contributed by atoms with E-state index in [1.807, 2.05) is 12.1 Å². The molecule has 1 saturated heterocycles. The van der Waals surface area contributed by atoms with Gasteiger partial charge >= 0.3 is 0 Å². The molecule has 158 valence electrons. The number of amides is 1. The number of carbonyl (C=O) groups is 1. The largest absolute Gasteiger partial charge is 0.398 e. The fourth-order valence-electron chi connectivity index (χ4n) is 4.35. The summed E-state index contributed by atoms with van der Waals surface area (Å²) in [5.41, 5.74) is 13.1. The van der Waals surface area contributed by atoms with Crippen LogP contribution >= 0.6 is 0 Å². The van der Waals surface area contributed by atoms with Crippen LogP contribution in [-0.2, 0) is 28.9 Å². The molecule has 2 aliphatic carbocycles. The number of hydroxylamine groups is 2. The quantitative estimate of drug-likeness (QED) is 0.515. The Bertz CT molecular complexity index is 757. The van der Waals surface area contributed by atoms with Crippen molar-refractivity contribution in [2.24, 2.45) is 0 Å². The molecule has 0 aromatic heterocycles. The Morgan fingerprint density at radius 3 is 2.21 bits per heavy atom. The number of hydrogen-bond acceptors (Lipinski definition) is 4. The second-order valence-corrected chi connectivity index (χ2v) is 7.95. The van der Waals surface area contributed by atoms with Gasteiger partial charge in [-0.3, -0.25) is 9.63 Å². The normalized spacial score (nSPS) is 14.6. The lowest BCUT2D eigenvalue weighted by Gasteiger charge is -2.18. The third-order valence-corrected chi connectivity index (χ3v) is 6.03. The number of likely N-dealkylation sites (N-methyl/N-ethyl adjacent to an activating group) is 1.